The van der Waals surface area contributed by atoms with Crippen LogP contribution in [-0.4, -0.2) is 29.5 Å². The zero-order chi connectivity index (χ0) is 19.2. The molecule has 2 aromatic carbocycles. The molecule has 0 aliphatic carbocycles. The average molecular weight is 364 g/mol. The summed E-state index contributed by atoms with van der Waals surface area (Å²) in [4.78, 5) is 0. The van der Waals surface area contributed by atoms with E-state index in [9.17, 15) is 15.3 Å². The molecule has 26 heavy (non-hydrogen) atoms. The van der Waals surface area contributed by atoms with Gasteiger partial charge >= 0.3 is 0 Å². The van der Waals surface area contributed by atoms with Crippen molar-refractivity contribution >= 4 is 0 Å². The van der Waals surface area contributed by atoms with E-state index in [4.69, 9.17) is 9.47 Å². The van der Waals surface area contributed by atoms with E-state index in [0.29, 0.717) is 17.1 Å². The SMILES string of the molecule is C.COc1cccc(O)c1C(C)(C)O.COc1cccc(O)c1C(C)C. The van der Waals surface area contributed by atoms with Crippen molar-refractivity contribution in [3.8, 4) is 23.0 Å². The van der Waals surface area contributed by atoms with E-state index in [1.54, 1.807) is 45.2 Å². The van der Waals surface area contributed by atoms with Crippen molar-refractivity contribution in [3.05, 3.63) is 47.5 Å². The maximum Gasteiger partial charge on any atom is 0.128 e. The Morgan fingerprint density at radius 1 is 0.846 bits per heavy atom. The number of phenols is 2. The van der Waals surface area contributed by atoms with Crippen LogP contribution < -0.4 is 9.47 Å². The first kappa shape index (κ1) is 23.6. The molecule has 0 saturated carbocycles. The minimum Gasteiger partial charge on any atom is -0.508 e. The molecule has 5 nitrogen and oxygen atoms in total. The van der Waals surface area contributed by atoms with Crippen LogP contribution in [0.2, 0.25) is 0 Å². The Kier molecular flexibility index (Phi) is 9.01. The van der Waals surface area contributed by atoms with Crippen LogP contribution in [0.4, 0.5) is 0 Å². The molecule has 2 rings (SSSR count). The van der Waals surface area contributed by atoms with E-state index >= 15 is 0 Å². The van der Waals surface area contributed by atoms with Gasteiger partial charge in [-0.3, -0.25) is 0 Å². The van der Waals surface area contributed by atoms with E-state index < -0.39 is 5.60 Å². The summed E-state index contributed by atoms with van der Waals surface area (Å²) in [6.45, 7) is 7.25. The normalized spacial score (nSPS) is 10.5. The third-order valence-electron chi connectivity index (χ3n) is 3.68. The lowest BCUT2D eigenvalue weighted by Crippen LogP contribution is -2.16. The summed E-state index contributed by atoms with van der Waals surface area (Å²) in [6, 6.07) is 10.2. The fourth-order valence-electron chi connectivity index (χ4n) is 2.60. The van der Waals surface area contributed by atoms with E-state index in [1.807, 2.05) is 19.9 Å². The minimum absolute atomic E-state index is 0. The molecular weight excluding hydrogens is 332 g/mol. The molecule has 0 heterocycles. The second-order valence-electron chi connectivity index (χ2n) is 6.46. The van der Waals surface area contributed by atoms with E-state index in [2.05, 4.69) is 0 Å². The number of ether oxygens (including phenoxy) is 2. The van der Waals surface area contributed by atoms with Crippen LogP contribution in [0.5, 0.6) is 23.0 Å². The second kappa shape index (κ2) is 9.92. The highest BCUT2D eigenvalue weighted by atomic mass is 16.5. The lowest BCUT2D eigenvalue weighted by molar-refractivity contribution is 0.0728. The third kappa shape index (κ3) is 5.85. The van der Waals surface area contributed by atoms with Crippen molar-refractivity contribution in [2.24, 2.45) is 0 Å². The predicted molar refractivity (Wildman–Crippen MR) is 105 cm³/mol. The summed E-state index contributed by atoms with van der Waals surface area (Å²) in [6.07, 6.45) is 0. The van der Waals surface area contributed by atoms with Gasteiger partial charge in [0.1, 0.15) is 23.0 Å². The Hall–Kier alpha value is -2.40. The van der Waals surface area contributed by atoms with Crippen LogP contribution in [0.15, 0.2) is 36.4 Å². The van der Waals surface area contributed by atoms with Crippen molar-refractivity contribution in [1.29, 1.82) is 0 Å². The fourth-order valence-corrected chi connectivity index (χ4v) is 2.60. The third-order valence-corrected chi connectivity index (χ3v) is 3.68. The Morgan fingerprint density at radius 2 is 1.31 bits per heavy atom. The molecule has 146 valence electrons. The van der Waals surface area contributed by atoms with Crippen LogP contribution in [-0.2, 0) is 5.60 Å². The van der Waals surface area contributed by atoms with Gasteiger partial charge in [0.25, 0.3) is 0 Å². The minimum atomic E-state index is -1.10. The Labute approximate surface area is 156 Å². The second-order valence-corrected chi connectivity index (χ2v) is 6.46. The van der Waals surface area contributed by atoms with Crippen molar-refractivity contribution < 1.29 is 24.8 Å². The highest BCUT2D eigenvalue weighted by Crippen LogP contribution is 2.36. The van der Waals surface area contributed by atoms with Gasteiger partial charge in [-0.05, 0) is 44.0 Å². The topological polar surface area (TPSA) is 79.2 Å². The number of aliphatic hydroxyl groups is 1. The number of rotatable bonds is 4. The first-order valence-electron chi connectivity index (χ1n) is 8.08. The number of hydrogen-bond acceptors (Lipinski definition) is 5. The summed E-state index contributed by atoms with van der Waals surface area (Å²) in [5.41, 5.74) is 0.189. The fraction of sp³-hybridized carbons (Fsp3) is 0.429. The quantitative estimate of drug-likeness (QED) is 0.727. The average Bonchev–Trinajstić information content (AvgIpc) is 2.53. The van der Waals surface area contributed by atoms with Crippen LogP contribution in [0.25, 0.3) is 0 Å². The Morgan fingerprint density at radius 3 is 1.65 bits per heavy atom. The van der Waals surface area contributed by atoms with Crippen molar-refractivity contribution in [3.63, 3.8) is 0 Å². The first-order valence-corrected chi connectivity index (χ1v) is 8.08. The molecule has 0 radical (unpaired) electrons. The summed E-state index contributed by atoms with van der Waals surface area (Å²) in [5, 5.41) is 28.8. The van der Waals surface area contributed by atoms with Crippen LogP contribution in [0.1, 0.15) is 52.2 Å². The highest BCUT2D eigenvalue weighted by Gasteiger charge is 2.24. The largest absolute Gasteiger partial charge is 0.508 e. The number of phenolic OH excluding ortho intramolecular Hbond substituents is 2. The molecule has 3 N–H and O–H groups in total. The molecule has 2 aromatic rings. The monoisotopic (exact) mass is 364 g/mol. The van der Waals surface area contributed by atoms with Crippen molar-refractivity contribution in [2.75, 3.05) is 14.2 Å². The van der Waals surface area contributed by atoms with Gasteiger partial charge < -0.3 is 24.8 Å². The molecule has 0 spiro atoms. The summed E-state index contributed by atoms with van der Waals surface area (Å²) in [7, 11) is 3.12. The molecule has 0 fully saturated rings. The van der Waals surface area contributed by atoms with Crippen LogP contribution in [0.3, 0.4) is 0 Å². The van der Waals surface area contributed by atoms with Gasteiger partial charge in [-0.25, -0.2) is 0 Å². The summed E-state index contributed by atoms with van der Waals surface area (Å²) < 4.78 is 10.2. The zero-order valence-electron chi connectivity index (χ0n) is 15.7. The first-order chi connectivity index (χ1) is 11.6. The molecular formula is C21H32O5. The molecule has 5 heteroatoms. The number of aromatic hydroxyl groups is 2. The molecule has 0 unspecified atom stereocenters. The number of benzene rings is 2. The van der Waals surface area contributed by atoms with Gasteiger partial charge in [0.05, 0.1) is 25.4 Å². The standard InChI is InChI=1S/C10H14O3.C10H14O2.CH4/c1-10(2,12)9-7(11)5-4-6-8(9)13-3;1-7(2)10-8(11)5-4-6-9(10)12-3;/h4-6,11-12H,1-3H3;4-7,11H,1-3H3;1H4. The molecule has 0 atom stereocenters. The molecule has 0 amide bonds. The van der Waals surface area contributed by atoms with Crippen LogP contribution >= 0.6 is 0 Å². The lowest BCUT2D eigenvalue weighted by Gasteiger charge is -2.21. The smallest absolute Gasteiger partial charge is 0.128 e. The van der Waals surface area contributed by atoms with Gasteiger partial charge in [0.2, 0.25) is 0 Å². The van der Waals surface area contributed by atoms with Crippen LogP contribution in [0, 0.1) is 0 Å². The van der Waals surface area contributed by atoms with Gasteiger partial charge in [-0.15, -0.1) is 0 Å². The van der Waals surface area contributed by atoms with E-state index in [1.165, 1.54) is 13.2 Å². The number of hydrogen-bond donors (Lipinski definition) is 3. The molecule has 0 saturated heterocycles. The van der Waals surface area contributed by atoms with Gasteiger partial charge in [0, 0.05) is 5.56 Å². The summed E-state index contributed by atoms with van der Waals surface area (Å²) >= 11 is 0. The molecule has 0 bridgehead atoms. The maximum absolute atomic E-state index is 9.74. The Bertz CT molecular complexity index is 687. The lowest BCUT2D eigenvalue weighted by atomic mass is 9.96. The molecule has 0 aromatic heterocycles. The maximum atomic E-state index is 9.74. The molecule has 0 aliphatic rings. The van der Waals surface area contributed by atoms with Gasteiger partial charge in [-0.2, -0.15) is 0 Å². The highest BCUT2D eigenvalue weighted by molar-refractivity contribution is 5.47. The van der Waals surface area contributed by atoms with Crippen molar-refractivity contribution in [2.45, 2.75) is 46.6 Å². The zero-order valence-corrected chi connectivity index (χ0v) is 15.7. The number of methoxy groups -OCH3 is 2. The van der Waals surface area contributed by atoms with Gasteiger partial charge in [0.15, 0.2) is 0 Å². The van der Waals surface area contributed by atoms with E-state index in [-0.39, 0.29) is 19.1 Å². The summed E-state index contributed by atoms with van der Waals surface area (Å²) in [5.74, 6) is 1.88. The van der Waals surface area contributed by atoms with E-state index in [0.717, 1.165) is 11.3 Å². The van der Waals surface area contributed by atoms with Gasteiger partial charge in [-0.1, -0.05) is 33.4 Å². The predicted octanol–water partition coefficient (Wildman–Crippen LogP) is 4.79. The Balaban J connectivity index is 0.000000464. The van der Waals surface area contributed by atoms with Crippen molar-refractivity contribution in [1.82, 2.24) is 0 Å². The molecule has 0 aliphatic heterocycles.